The molecule has 0 unspecified atom stereocenters. The number of hydrogen-bond acceptors (Lipinski definition) is 1. The van der Waals surface area contributed by atoms with Gasteiger partial charge >= 0.3 is 0 Å². The first kappa shape index (κ1) is 12.8. The number of rotatable bonds is 3. The van der Waals surface area contributed by atoms with Gasteiger partial charge in [-0.3, -0.25) is 0 Å². The number of para-hydroxylation sites is 1. The minimum absolute atomic E-state index is 0.766. The zero-order valence-corrected chi connectivity index (χ0v) is 13.0. The monoisotopic (exact) mass is 382 g/mol. The van der Waals surface area contributed by atoms with Crippen molar-refractivity contribution in [2.45, 2.75) is 6.54 Å². The fourth-order valence-electron chi connectivity index (χ4n) is 2.10. The molecule has 2 nitrogen and oxygen atoms in total. The first-order chi connectivity index (χ1) is 9.24. The molecule has 0 spiro atoms. The summed E-state index contributed by atoms with van der Waals surface area (Å²) in [7, 11) is 0. The van der Waals surface area contributed by atoms with Gasteiger partial charge in [0, 0.05) is 37.9 Å². The van der Waals surface area contributed by atoms with Gasteiger partial charge in [-0.25, -0.2) is 0 Å². The highest BCUT2D eigenvalue weighted by Crippen LogP contribution is 2.24. The summed E-state index contributed by atoms with van der Waals surface area (Å²) < 4.78 is 1.13. The second-order valence-corrected chi connectivity index (χ2v) is 5.94. The Kier molecular flexibility index (Phi) is 3.66. The van der Waals surface area contributed by atoms with E-state index in [4.69, 9.17) is 11.6 Å². The summed E-state index contributed by atoms with van der Waals surface area (Å²) in [4.78, 5) is 3.29. The molecule has 2 N–H and O–H groups in total. The number of hydrogen-bond donors (Lipinski definition) is 2. The number of halogens is 2. The number of benzene rings is 2. The molecule has 0 radical (unpaired) electrons. The van der Waals surface area contributed by atoms with E-state index >= 15 is 0 Å². The van der Waals surface area contributed by atoms with Crippen LogP contribution in [0.25, 0.3) is 10.9 Å². The van der Waals surface area contributed by atoms with Crippen molar-refractivity contribution in [3.8, 4) is 0 Å². The van der Waals surface area contributed by atoms with Crippen LogP contribution in [0.15, 0.2) is 48.7 Å². The summed E-state index contributed by atoms with van der Waals surface area (Å²) in [6.45, 7) is 0.793. The molecular formula is C15H12ClIN2. The standard InChI is InChI=1S/C15H12ClIN2/c16-11-5-6-15(13(17)7-11)19-9-10-8-18-14-4-2-1-3-12(10)14/h1-8,18-19H,9H2. The molecule has 0 aliphatic rings. The number of aromatic nitrogens is 1. The summed E-state index contributed by atoms with van der Waals surface area (Å²) in [6.07, 6.45) is 2.06. The molecule has 0 saturated heterocycles. The molecule has 3 rings (SSSR count). The lowest BCUT2D eigenvalue weighted by atomic mass is 10.2. The van der Waals surface area contributed by atoms with E-state index in [0.717, 1.165) is 20.8 Å². The molecule has 19 heavy (non-hydrogen) atoms. The van der Waals surface area contributed by atoms with Crippen LogP contribution in [0.5, 0.6) is 0 Å². The lowest BCUT2D eigenvalue weighted by Crippen LogP contribution is -2.00. The van der Waals surface area contributed by atoms with E-state index in [0.29, 0.717) is 0 Å². The van der Waals surface area contributed by atoms with Gasteiger partial charge in [-0.15, -0.1) is 0 Å². The Balaban J connectivity index is 1.82. The average Bonchev–Trinajstić information content (AvgIpc) is 2.81. The van der Waals surface area contributed by atoms with Crippen LogP contribution in [-0.4, -0.2) is 4.98 Å². The smallest absolute Gasteiger partial charge is 0.0479 e. The summed E-state index contributed by atoms with van der Waals surface area (Å²) >= 11 is 8.25. The Morgan fingerprint density at radius 3 is 2.84 bits per heavy atom. The Labute approximate surface area is 130 Å². The Bertz CT molecular complexity index is 721. The van der Waals surface area contributed by atoms with Crippen LogP contribution in [0.1, 0.15) is 5.56 Å². The van der Waals surface area contributed by atoms with E-state index in [2.05, 4.69) is 57.3 Å². The highest BCUT2D eigenvalue weighted by atomic mass is 127. The minimum atomic E-state index is 0.766. The third-order valence-electron chi connectivity index (χ3n) is 3.08. The molecule has 0 bridgehead atoms. The van der Waals surface area contributed by atoms with Crippen molar-refractivity contribution in [2.24, 2.45) is 0 Å². The summed E-state index contributed by atoms with van der Waals surface area (Å²) in [6, 6.07) is 14.2. The first-order valence-corrected chi connectivity index (χ1v) is 7.43. The predicted molar refractivity (Wildman–Crippen MR) is 89.8 cm³/mol. The molecule has 0 fully saturated rings. The molecule has 0 saturated carbocycles. The molecule has 96 valence electrons. The molecule has 0 aliphatic heterocycles. The van der Waals surface area contributed by atoms with Gasteiger partial charge in [0.15, 0.2) is 0 Å². The summed E-state index contributed by atoms with van der Waals surface area (Å²) in [5.74, 6) is 0. The number of aromatic amines is 1. The fraction of sp³-hybridized carbons (Fsp3) is 0.0667. The van der Waals surface area contributed by atoms with Crippen molar-refractivity contribution in [1.29, 1.82) is 0 Å². The molecule has 2 aromatic carbocycles. The minimum Gasteiger partial charge on any atom is -0.380 e. The van der Waals surface area contributed by atoms with Crippen LogP contribution in [0.3, 0.4) is 0 Å². The maximum absolute atomic E-state index is 5.96. The fourth-order valence-corrected chi connectivity index (χ4v) is 3.16. The molecule has 4 heteroatoms. The number of fused-ring (bicyclic) bond motifs is 1. The van der Waals surface area contributed by atoms with Crippen LogP contribution in [0, 0.1) is 3.57 Å². The van der Waals surface area contributed by atoms with E-state index in [1.165, 1.54) is 16.5 Å². The van der Waals surface area contributed by atoms with Crippen LogP contribution in [-0.2, 0) is 6.54 Å². The lowest BCUT2D eigenvalue weighted by molar-refractivity contribution is 1.16. The Morgan fingerprint density at radius 1 is 1.16 bits per heavy atom. The predicted octanol–water partition coefficient (Wildman–Crippen LogP) is 5.04. The third-order valence-corrected chi connectivity index (χ3v) is 4.20. The van der Waals surface area contributed by atoms with E-state index in [1.54, 1.807) is 0 Å². The summed E-state index contributed by atoms with van der Waals surface area (Å²) in [5, 5.41) is 5.48. The zero-order valence-electron chi connectivity index (χ0n) is 10.1. The van der Waals surface area contributed by atoms with E-state index < -0.39 is 0 Å². The highest BCUT2D eigenvalue weighted by molar-refractivity contribution is 14.1. The highest BCUT2D eigenvalue weighted by Gasteiger charge is 2.04. The third kappa shape index (κ3) is 2.72. The van der Waals surface area contributed by atoms with Crippen molar-refractivity contribution >= 4 is 50.8 Å². The molecule has 0 amide bonds. The quantitative estimate of drug-likeness (QED) is 0.610. The van der Waals surface area contributed by atoms with E-state index in [1.807, 2.05) is 24.3 Å². The van der Waals surface area contributed by atoms with Crippen LogP contribution in [0.2, 0.25) is 5.02 Å². The molecule has 1 aromatic heterocycles. The molecular weight excluding hydrogens is 371 g/mol. The van der Waals surface area contributed by atoms with Crippen molar-refractivity contribution in [1.82, 2.24) is 4.98 Å². The van der Waals surface area contributed by atoms with Gasteiger partial charge in [-0.2, -0.15) is 0 Å². The van der Waals surface area contributed by atoms with Crippen molar-refractivity contribution < 1.29 is 0 Å². The maximum Gasteiger partial charge on any atom is 0.0479 e. The first-order valence-electron chi connectivity index (χ1n) is 5.98. The van der Waals surface area contributed by atoms with Gasteiger partial charge in [0.05, 0.1) is 0 Å². The average molecular weight is 383 g/mol. The molecule has 3 aromatic rings. The number of H-pyrrole nitrogens is 1. The molecule has 0 aliphatic carbocycles. The summed E-state index contributed by atoms with van der Waals surface area (Å²) in [5.41, 5.74) is 3.54. The normalized spacial score (nSPS) is 10.8. The Hall–Kier alpha value is -1.20. The topological polar surface area (TPSA) is 27.8 Å². The van der Waals surface area contributed by atoms with Crippen molar-refractivity contribution in [3.63, 3.8) is 0 Å². The second-order valence-electron chi connectivity index (χ2n) is 4.34. The van der Waals surface area contributed by atoms with Gasteiger partial charge in [-0.05, 0) is 52.4 Å². The largest absolute Gasteiger partial charge is 0.380 e. The second kappa shape index (κ2) is 5.43. The van der Waals surface area contributed by atoms with Crippen LogP contribution in [0.4, 0.5) is 5.69 Å². The lowest BCUT2D eigenvalue weighted by Gasteiger charge is -2.08. The van der Waals surface area contributed by atoms with E-state index in [-0.39, 0.29) is 0 Å². The van der Waals surface area contributed by atoms with Crippen LogP contribution >= 0.6 is 34.2 Å². The van der Waals surface area contributed by atoms with Gasteiger partial charge < -0.3 is 10.3 Å². The van der Waals surface area contributed by atoms with Crippen LogP contribution < -0.4 is 5.32 Å². The van der Waals surface area contributed by atoms with Gasteiger partial charge in [0.1, 0.15) is 0 Å². The number of nitrogens with one attached hydrogen (secondary N) is 2. The molecule has 0 atom stereocenters. The SMILES string of the molecule is Clc1ccc(NCc2c[nH]c3ccccc23)c(I)c1. The zero-order chi connectivity index (χ0) is 13.2. The van der Waals surface area contributed by atoms with Gasteiger partial charge in [-0.1, -0.05) is 29.8 Å². The van der Waals surface area contributed by atoms with Gasteiger partial charge in [0.2, 0.25) is 0 Å². The van der Waals surface area contributed by atoms with E-state index in [9.17, 15) is 0 Å². The van der Waals surface area contributed by atoms with Crippen molar-refractivity contribution in [3.05, 3.63) is 62.8 Å². The molecule has 1 heterocycles. The Morgan fingerprint density at radius 2 is 2.00 bits per heavy atom. The number of anilines is 1. The van der Waals surface area contributed by atoms with Crippen molar-refractivity contribution in [2.75, 3.05) is 5.32 Å². The van der Waals surface area contributed by atoms with Gasteiger partial charge in [0.25, 0.3) is 0 Å². The maximum atomic E-state index is 5.96.